The van der Waals surface area contributed by atoms with Crippen LogP contribution in [0.3, 0.4) is 0 Å². The number of fused-ring (bicyclic) bond motifs is 1. The molecule has 0 radical (unpaired) electrons. The van der Waals surface area contributed by atoms with Gasteiger partial charge in [0.25, 0.3) is 0 Å². The highest BCUT2D eigenvalue weighted by Gasteiger charge is 2.14. The first-order chi connectivity index (χ1) is 11.8. The van der Waals surface area contributed by atoms with Crippen LogP contribution < -0.4 is 24.8 Å². The Kier molecular flexibility index (Phi) is 5.18. The molecule has 126 valence electrons. The average molecular weight is 328 g/mol. The highest BCUT2D eigenvalue weighted by molar-refractivity contribution is 5.91. The maximum Gasteiger partial charge on any atom is 0.231 e. The number of amides is 1. The van der Waals surface area contributed by atoms with E-state index < -0.39 is 0 Å². The van der Waals surface area contributed by atoms with E-state index in [1.807, 2.05) is 24.3 Å². The minimum atomic E-state index is -0.0543. The zero-order chi connectivity index (χ0) is 16.8. The Labute approximate surface area is 140 Å². The smallest absolute Gasteiger partial charge is 0.231 e. The molecule has 1 aliphatic rings. The largest absolute Gasteiger partial charge is 0.496 e. The molecule has 6 heteroatoms. The van der Waals surface area contributed by atoms with Crippen LogP contribution >= 0.6 is 0 Å². The van der Waals surface area contributed by atoms with E-state index in [9.17, 15) is 4.79 Å². The average Bonchev–Trinajstić information content (AvgIpc) is 3.07. The number of nitrogens with one attached hydrogen (secondary N) is 2. The third-order valence-electron chi connectivity index (χ3n) is 3.69. The predicted octanol–water partition coefficient (Wildman–Crippen LogP) is 2.54. The van der Waals surface area contributed by atoms with Gasteiger partial charge < -0.3 is 24.8 Å². The fourth-order valence-corrected chi connectivity index (χ4v) is 2.47. The van der Waals surface area contributed by atoms with Crippen molar-refractivity contribution in [3.63, 3.8) is 0 Å². The summed E-state index contributed by atoms with van der Waals surface area (Å²) in [5, 5.41) is 6.10. The van der Waals surface area contributed by atoms with Crippen LogP contribution in [0.4, 0.5) is 5.69 Å². The molecule has 0 aromatic heterocycles. The van der Waals surface area contributed by atoms with Gasteiger partial charge in [-0.1, -0.05) is 18.2 Å². The molecule has 0 aliphatic carbocycles. The Bertz CT molecular complexity index is 718. The Morgan fingerprint density at radius 3 is 2.88 bits per heavy atom. The second-order valence-electron chi connectivity index (χ2n) is 5.35. The fourth-order valence-electron chi connectivity index (χ4n) is 2.47. The van der Waals surface area contributed by atoms with Crippen molar-refractivity contribution in [3.8, 4) is 17.2 Å². The van der Waals surface area contributed by atoms with Crippen molar-refractivity contribution in [2.24, 2.45) is 0 Å². The van der Waals surface area contributed by atoms with Crippen LogP contribution in [0.1, 0.15) is 12.0 Å². The van der Waals surface area contributed by atoms with Gasteiger partial charge in [0.15, 0.2) is 11.5 Å². The van der Waals surface area contributed by atoms with E-state index in [1.165, 1.54) is 0 Å². The van der Waals surface area contributed by atoms with Crippen molar-refractivity contribution in [3.05, 3.63) is 48.0 Å². The molecule has 2 aromatic carbocycles. The van der Waals surface area contributed by atoms with Gasteiger partial charge in [0, 0.05) is 36.8 Å². The molecule has 0 spiro atoms. The summed E-state index contributed by atoms with van der Waals surface area (Å²) in [6.45, 7) is 1.45. The molecular weight excluding hydrogens is 308 g/mol. The first-order valence-electron chi connectivity index (χ1n) is 7.78. The van der Waals surface area contributed by atoms with Crippen molar-refractivity contribution in [2.75, 3.05) is 25.8 Å². The standard InChI is InChI=1S/C18H20N2O4/c1-22-15-5-3-2-4-13(15)11-19-9-8-18(21)20-14-6-7-16-17(10-14)24-12-23-16/h2-7,10,19H,8-9,11-12H2,1H3,(H,20,21). The van der Waals surface area contributed by atoms with Crippen molar-refractivity contribution in [2.45, 2.75) is 13.0 Å². The summed E-state index contributed by atoms with van der Waals surface area (Å²) in [7, 11) is 1.65. The second-order valence-corrected chi connectivity index (χ2v) is 5.35. The number of benzene rings is 2. The lowest BCUT2D eigenvalue weighted by molar-refractivity contribution is -0.116. The molecule has 0 bridgehead atoms. The molecular formula is C18H20N2O4. The summed E-state index contributed by atoms with van der Waals surface area (Å²) in [5.41, 5.74) is 1.77. The molecule has 0 unspecified atom stereocenters. The first kappa shape index (κ1) is 16.1. The third kappa shape index (κ3) is 3.97. The van der Waals surface area contributed by atoms with E-state index in [-0.39, 0.29) is 12.7 Å². The Hall–Kier alpha value is -2.73. The summed E-state index contributed by atoms with van der Waals surface area (Å²) in [6.07, 6.45) is 0.379. The molecule has 24 heavy (non-hydrogen) atoms. The summed E-state index contributed by atoms with van der Waals surface area (Å²) in [6, 6.07) is 13.2. The molecule has 2 N–H and O–H groups in total. The van der Waals surface area contributed by atoms with Crippen LogP contribution in [0.15, 0.2) is 42.5 Å². The van der Waals surface area contributed by atoms with E-state index in [0.29, 0.717) is 36.7 Å². The normalized spacial score (nSPS) is 12.0. The van der Waals surface area contributed by atoms with Gasteiger partial charge in [0.2, 0.25) is 12.7 Å². The number of para-hydroxylation sites is 1. The predicted molar refractivity (Wildman–Crippen MR) is 90.5 cm³/mol. The van der Waals surface area contributed by atoms with Crippen molar-refractivity contribution in [1.82, 2.24) is 5.32 Å². The molecule has 0 saturated heterocycles. The molecule has 3 rings (SSSR count). The van der Waals surface area contributed by atoms with Gasteiger partial charge in [-0.2, -0.15) is 0 Å². The number of hydrogen-bond donors (Lipinski definition) is 2. The number of hydrogen-bond acceptors (Lipinski definition) is 5. The van der Waals surface area contributed by atoms with E-state index >= 15 is 0 Å². The van der Waals surface area contributed by atoms with E-state index in [0.717, 1.165) is 11.3 Å². The molecule has 2 aromatic rings. The van der Waals surface area contributed by atoms with Gasteiger partial charge in [-0.15, -0.1) is 0 Å². The van der Waals surface area contributed by atoms with Crippen molar-refractivity contribution < 1.29 is 19.0 Å². The third-order valence-corrected chi connectivity index (χ3v) is 3.69. The van der Waals surface area contributed by atoms with Crippen molar-refractivity contribution >= 4 is 11.6 Å². The Balaban J connectivity index is 1.43. The van der Waals surface area contributed by atoms with Gasteiger partial charge >= 0.3 is 0 Å². The maximum absolute atomic E-state index is 12.0. The quantitative estimate of drug-likeness (QED) is 0.765. The molecule has 6 nitrogen and oxygen atoms in total. The number of carbonyl (C=O) groups is 1. The fraction of sp³-hybridized carbons (Fsp3) is 0.278. The van der Waals surface area contributed by atoms with Crippen LogP contribution in [0.5, 0.6) is 17.2 Å². The molecule has 1 heterocycles. The topological polar surface area (TPSA) is 68.8 Å². The molecule has 0 saturated carbocycles. The Morgan fingerprint density at radius 1 is 1.17 bits per heavy atom. The lowest BCUT2D eigenvalue weighted by Gasteiger charge is -2.10. The SMILES string of the molecule is COc1ccccc1CNCCC(=O)Nc1ccc2c(c1)OCO2. The number of methoxy groups -OCH3 is 1. The van der Waals surface area contributed by atoms with E-state index in [2.05, 4.69) is 10.6 Å². The van der Waals surface area contributed by atoms with Crippen LogP contribution in [0.2, 0.25) is 0 Å². The zero-order valence-corrected chi connectivity index (χ0v) is 13.5. The Morgan fingerprint density at radius 2 is 2.00 bits per heavy atom. The highest BCUT2D eigenvalue weighted by atomic mass is 16.7. The highest BCUT2D eigenvalue weighted by Crippen LogP contribution is 2.34. The zero-order valence-electron chi connectivity index (χ0n) is 13.5. The van der Waals surface area contributed by atoms with Gasteiger partial charge in [0.1, 0.15) is 5.75 Å². The molecule has 0 fully saturated rings. The van der Waals surface area contributed by atoms with Gasteiger partial charge in [-0.3, -0.25) is 4.79 Å². The molecule has 1 amide bonds. The second kappa shape index (κ2) is 7.70. The van der Waals surface area contributed by atoms with E-state index in [1.54, 1.807) is 25.3 Å². The number of carbonyl (C=O) groups excluding carboxylic acids is 1. The lowest BCUT2D eigenvalue weighted by atomic mass is 10.2. The minimum absolute atomic E-state index is 0.0543. The first-order valence-corrected chi connectivity index (χ1v) is 7.78. The maximum atomic E-state index is 12.0. The number of ether oxygens (including phenoxy) is 3. The van der Waals surface area contributed by atoms with Crippen LogP contribution in [-0.2, 0) is 11.3 Å². The number of anilines is 1. The van der Waals surface area contributed by atoms with Gasteiger partial charge in [-0.05, 0) is 18.2 Å². The lowest BCUT2D eigenvalue weighted by Crippen LogP contribution is -2.21. The van der Waals surface area contributed by atoms with E-state index in [4.69, 9.17) is 14.2 Å². The summed E-state index contributed by atoms with van der Waals surface area (Å²) < 4.78 is 15.8. The van der Waals surface area contributed by atoms with Crippen LogP contribution in [0.25, 0.3) is 0 Å². The monoisotopic (exact) mass is 328 g/mol. The minimum Gasteiger partial charge on any atom is -0.496 e. The molecule has 1 aliphatic heterocycles. The van der Waals surface area contributed by atoms with Gasteiger partial charge in [-0.25, -0.2) is 0 Å². The number of rotatable bonds is 7. The molecule has 0 atom stereocenters. The summed E-state index contributed by atoms with van der Waals surface area (Å²) in [5.74, 6) is 2.14. The van der Waals surface area contributed by atoms with Crippen molar-refractivity contribution in [1.29, 1.82) is 0 Å². The summed E-state index contributed by atoms with van der Waals surface area (Å²) in [4.78, 5) is 12.0. The summed E-state index contributed by atoms with van der Waals surface area (Å²) >= 11 is 0. The van der Waals surface area contributed by atoms with Crippen LogP contribution in [-0.4, -0.2) is 26.4 Å². The van der Waals surface area contributed by atoms with Crippen LogP contribution in [0, 0.1) is 0 Å². The van der Waals surface area contributed by atoms with Gasteiger partial charge in [0.05, 0.1) is 7.11 Å².